The molecule has 0 amide bonds. The topological polar surface area (TPSA) is 65.0 Å². The number of aliphatic hydroxyl groups excluding tert-OH is 1. The third-order valence-electron chi connectivity index (χ3n) is 4.81. The van der Waals surface area contributed by atoms with Gasteiger partial charge in [-0.15, -0.1) is 0 Å². The van der Waals surface area contributed by atoms with Crippen LogP contribution in [0.3, 0.4) is 0 Å². The molecule has 0 aromatic heterocycles. The highest BCUT2D eigenvalue weighted by Gasteiger charge is 2.35. The Labute approximate surface area is 169 Å². The van der Waals surface area contributed by atoms with Gasteiger partial charge in [-0.2, -0.15) is 13.2 Å². The van der Waals surface area contributed by atoms with Crippen LogP contribution in [0.25, 0.3) is 0 Å². The fraction of sp³-hybridized carbons (Fsp3) is 0.550. The molecule has 0 radical (unpaired) electrons. The highest BCUT2D eigenvalue weighted by atomic mass is 28.3. The van der Waals surface area contributed by atoms with Gasteiger partial charge in [-0.1, -0.05) is 25.7 Å². The molecular formula is C20H27F3O5Si. The van der Waals surface area contributed by atoms with Crippen LogP contribution >= 0.6 is 0 Å². The van der Waals surface area contributed by atoms with Crippen LogP contribution in [0.2, 0.25) is 25.7 Å². The number of esters is 1. The van der Waals surface area contributed by atoms with Crippen LogP contribution in [0.5, 0.6) is 11.5 Å². The zero-order valence-electron chi connectivity index (χ0n) is 17.3. The Morgan fingerprint density at radius 1 is 1.28 bits per heavy atom. The van der Waals surface area contributed by atoms with Gasteiger partial charge in [-0.05, 0) is 25.0 Å². The summed E-state index contributed by atoms with van der Waals surface area (Å²) in [6, 6.07) is 0.812. The molecule has 0 aliphatic carbocycles. The van der Waals surface area contributed by atoms with Crippen LogP contribution in [-0.2, 0) is 17.8 Å². The number of carbonyl (C=O) groups is 1. The van der Waals surface area contributed by atoms with Crippen molar-refractivity contribution in [2.24, 2.45) is 0 Å². The van der Waals surface area contributed by atoms with Gasteiger partial charge in [0.15, 0.2) is 0 Å². The van der Waals surface area contributed by atoms with E-state index in [9.17, 15) is 18.0 Å². The third kappa shape index (κ3) is 5.33. The number of methoxy groups -OCH3 is 1. The first-order valence-electron chi connectivity index (χ1n) is 9.30. The van der Waals surface area contributed by atoms with E-state index in [4.69, 9.17) is 19.3 Å². The number of cyclic esters (lactones) is 1. The zero-order valence-corrected chi connectivity index (χ0v) is 18.3. The summed E-state index contributed by atoms with van der Waals surface area (Å²) in [7, 11) is -0.0183. The lowest BCUT2D eigenvalue weighted by atomic mass is 9.94. The molecule has 0 atom stereocenters. The van der Waals surface area contributed by atoms with Gasteiger partial charge in [0.2, 0.25) is 0 Å². The summed E-state index contributed by atoms with van der Waals surface area (Å²) in [5.41, 5.74) is 0.786. The average molecular weight is 433 g/mol. The second-order valence-corrected chi connectivity index (χ2v) is 13.8. The number of rotatable bonds is 8. The van der Waals surface area contributed by atoms with E-state index in [1.54, 1.807) is 6.92 Å². The van der Waals surface area contributed by atoms with Crippen molar-refractivity contribution in [3.05, 3.63) is 33.9 Å². The molecule has 2 rings (SSSR count). The van der Waals surface area contributed by atoms with Gasteiger partial charge in [0.1, 0.15) is 23.7 Å². The number of allylic oxidation sites excluding steroid dienone is 1. The molecule has 5 nitrogen and oxygen atoms in total. The molecule has 0 bridgehead atoms. The number of carbonyl (C=O) groups excluding carboxylic acids is 1. The van der Waals surface area contributed by atoms with E-state index >= 15 is 0 Å². The maximum absolute atomic E-state index is 13.0. The fourth-order valence-electron chi connectivity index (χ4n) is 3.12. The van der Waals surface area contributed by atoms with Crippen molar-refractivity contribution in [3.63, 3.8) is 0 Å². The quantitative estimate of drug-likeness (QED) is 0.374. The minimum atomic E-state index is -4.65. The number of benzene rings is 1. The largest absolute Gasteiger partial charge is 0.496 e. The van der Waals surface area contributed by atoms with Crippen LogP contribution in [0.1, 0.15) is 27.0 Å². The molecule has 0 saturated heterocycles. The molecule has 1 aliphatic rings. The molecule has 1 aromatic rings. The summed E-state index contributed by atoms with van der Waals surface area (Å²) in [5.74, 6) is 0.0110. The molecule has 1 aliphatic heterocycles. The molecule has 29 heavy (non-hydrogen) atoms. The number of hydrogen-bond donors (Lipinski definition) is 1. The predicted octanol–water partition coefficient (Wildman–Crippen LogP) is 4.41. The summed E-state index contributed by atoms with van der Waals surface area (Å²) in [6.07, 6.45) is -3.96. The Morgan fingerprint density at radius 3 is 2.45 bits per heavy atom. The summed E-state index contributed by atoms with van der Waals surface area (Å²) in [4.78, 5) is 12.3. The van der Waals surface area contributed by atoms with Gasteiger partial charge in [0.25, 0.3) is 0 Å². The van der Waals surface area contributed by atoms with Gasteiger partial charge in [0, 0.05) is 19.2 Å². The Bertz CT molecular complexity index is 810. The Balaban J connectivity index is 2.57. The molecule has 1 heterocycles. The van der Waals surface area contributed by atoms with E-state index in [1.165, 1.54) is 7.11 Å². The van der Waals surface area contributed by atoms with E-state index in [0.29, 0.717) is 29.0 Å². The van der Waals surface area contributed by atoms with Crippen LogP contribution in [0.4, 0.5) is 13.2 Å². The number of halogens is 3. The minimum Gasteiger partial charge on any atom is -0.496 e. The van der Waals surface area contributed by atoms with Crippen LogP contribution < -0.4 is 9.47 Å². The lowest BCUT2D eigenvalue weighted by Crippen LogP contribution is -2.23. The van der Waals surface area contributed by atoms with Crippen molar-refractivity contribution in [1.29, 1.82) is 0 Å². The summed E-state index contributed by atoms with van der Waals surface area (Å²) < 4.78 is 55.7. The van der Waals surface area contributed by atoms with Gasteiger partial charge in [-0.25, -0.2) is 4.79 Å². The van der Waals surface area contributed by atoms with Crippen molar-refractivity contribution in [2.75, 3.05) is 20.3 Å². The third-order valence-corrected chi connectivity index (χ3v) is 6.52. The van der Waals surface area contributed by atoms with Gasteiger partial charge < -0.3 is 19.3 Å². The number of aliphatic hydroxyl groups is 1. The summed E-state index contributed by atoms with van der Waals surface area (Å²) >= 11 is 0. The number of hydrogen-bond acceptors (Lipinski definition) is 5. The lowest BCUT2D eigenvalue weighted by Gasteiger charge is -2.21. The Kier molecular flexibility index (Phi) is 7.05. The van der Waals surface area contributed by atoms with E-state index in [-0.39, 0.29) is 24.3 Å². The first-order valence-corrected chi connectivity index (χ1v) is 13.0. The van der Waals surface area contributed by atoms with E-state index < -0.39 is 32.4 Å². The Hall–Kier alpha value is -2.00. The van der Waals surface area contributed by atoms with Crippen molar-refractivity contribution >= 4 is 14.0 Å². The standard InChI is InChI=1S/C20H27F3O5Si/c1-12-15-11-28-19(25)16(15)18(27-8-9-29(3,4)5)14(17(12)26-2)7-6-13(10-24)20(21,22)23/h6,24H,7-11H2,1-5H3/b13-6-. The summed E-state index contributed by atoms with van der Waals surface area (Å²) in [5, 5.41) is 9.10. The molecule has 0 fully saturated rings. The first kappa shape index (κ1) is 23.3. The average Bonchev–Trinajstić information content (AvgIpc) is 2.98. The highest BCUT2D eigenvalue weighted by Crippen LogP contribution is 2.43. The van der Waals surface area contributed by atoms with Crippen molar-refractivity contribution in [3.8, 4) is 11.5 Å². The van der Waals surface area contributed by atoms with Gasteiger partial charge in [-0.3, -0.25) is 0 Å². The first-order chi connectivity index (χ1) is 13.4. The maximum Gasteiger partial charge on any atom is 0.414 e. The predicted molar refractivity (Wildman–Crippen MR) is 105 cm³/mol. The highest BCUT2D eigenvalue weighted by molar-refractivity contribution is 6.76. The number of alkyl halides is 3. The lowest BCUT2D eigenvalue weighted by molar-refractivity contribution is -0.0977. The van der Waals surface area contributed by atoms with Gasteiger partial charge >= 0.3 is 12.1 Å². The maximum atomic E-state index is 13.0. The smallest absolute Gasteiger partial charge is 0.414 e. The van der Waals surface area contributed by atoms with Crippen molar-refractivity contribution in [1.82, 2.24) is 0 Å². The van der Waals surface area contributed by atoms with Crippen molar-refractivity contribution in [2.45, 2.75) is 51.8 Å². The van der Waals surface area contributed by atoms with Crippen LogP contribution in [0, 0.1) is 6.92 Å². The molecule has 0 saturated carbocycles. The number of ether oxygens (including phenoxy) is 3. The molecule has 0 spiro atoms. The normalized spacial score (nSPS) is 14.7. The van der Waals surface area contributed by atoms with Gasteiger partial charge in [0.05, 0.1) is 25.9 Å². The van der Waals surface area contributed by atoms with Crippen LogP contribution in [0.15, 0.2) is 11.6 Å². The van der Waals surface area contributed by atoms with E-state index in [1.807, 2.05) is 0 Å². The molecule has 9 heteroatoms. The monoisotopic (exact) mass is 432 g/mol. The minimum absolute atomic E-state index is 0.0707. The molecule has 162 valence electrons. The molecule has 1 N–H and O–H groups in total. The zero-order chi connectivity index (χ0) is 22.0. The SMILES string of the molecule is COc1c(C)c2c(c(OCC[Si](C)(C)C)c1C/C=C(/CO)C(F)(F)F)C(=O)OC2. The number of fused-ring (bicyclic) bond motifs is 1. The molecule has 1 aromatic carbocycles. The Morgan fingerprint density at radius 2 is 1.93 bits per heavy atom. The summed E-state index contributed by atoms with van der Waals surface area (Å²) in [6.45, 7) is 7.52. The second kappa shape index (κ2) is 8.79. The molecule has 0 unspecified atom stereocenters. The molecular weight excluding hydrogens is 405 g/mol. The van der Waals surface area contributed by atoms with Crippen LogP contribution in [-0.4, -0.2) is 45.6 Å². The second-order valence-electron chi connectivity index (χ2n) is 8.14. The van der Waals surface area contributed by atoms with Crippen molar-refractivity contribution < 1.29 is 37.3 Å². The van der Waals surface area contributed by atoms with E-state index in [2.05, 4.69) is 19.6 Å². The fourth-order valence-corrected chi connectivity index (χ4v) is 3.84. The van der Waals surface area contributed by atoms with E-state index in [0.717, 1.165) is 12.1 Å².